The van der Waals surface area contributed by atoms with E-state index in [-0.39, 0.29) is 11.9 Å². The van der Waals surface area contributed by atoms with Gasteiger partial charge in [0.05, 0.1) is 0 Å². The molecular formula is C17H19N5O2. The molecule has 1 amide bonds. The van der Waals surface area contributed by atoms with E-state index < -0.39 is 0 Å². The van der Waals surface area contributed by atoms with E-state index in [4.69, 9.17) is 4.74 Å². The first-order valence-electron chi connectivity index (χ1n) is 7.61. The largest absolute Gasteiger partial charge is 0.377 e. The van der Waals surface area contributed by atoms with E-state index in [1.54, 1.807) is 7.11 Å². The average Bonchev–Trinajstić information content (AvgIpc) is 3.26. The normalized spacial score (nSPS) is 12.1. The maximum Gasteiger partial charge on any atom is 0.247 e. The van der Waals surface area contributed by atoms with E-state index in [0.717, 1.165) is 5.56 Å². The molecule has 0 saturated heterocycles. The zero-order valence-corrected chi connectivity index (χ0v) is 13.6. The molecule has 1 aromatic carbocycles. The lowest BCUT2D eigenvalue weighted by Crippen LogP contribution is -2.22. The maximum absolute atomic E-state index is 12.4. The average molecular weight is 325 g/mol. The Morgan fingerprint density at radius 3 is 2.88 bits per heavy atom. The second kappa shape index (κ2) is 7.10. The topological polar surface area (TPSA) is 84.8 Å². The molecule has 0 fully saturated rings. The number of amides is 1. The number of nitrogens with zero attached hydrogens (tertiary/aromatic N) is 3. The van der Waals surface area contributed by atoms with E-state index in [2.05, 4.69) is 20.5 Å². The summed E-state index contributed by atoms with van der Waals surface area (Å²) in [5, 5.41) is 9.92. The molecule has 7 heteroatoms. The van der Waals surface area contributed by atoms with Crippen LogP contribution >= 0.6 is 0 Å². The molecule has 124 valence electrons. The molecule has 0 bridgehead atoms. The van der Waals surface area contributed by atoms with Crippen molar-refractivity contribution >= 4 is 11.6 Å². The maximum atomic E-state index is 12.4. The number of H-pyrrole nitrogens is 1. The highest BCUT2D eigenvalue weighted by Crippen LogP contribution is 2.20. The minimum atomic E-state index is -0.291. The van der Waals surface area contributed by atoms with Crippen LogP contribution in [0.5, 0.6) is 0 Å². The van der Waals surface area contributed by atoms with Crippen molar-refractivity contribution < 1.29 is 9.53 Å². The van der Waals surface area contributed by atoms with E-state index in [9.17, 15) is 4.79 Å². The Labute approximate surface area is 139 Å². The van der Waals surface area contributed by atoms with E-state index in [0.29, 0.717) is 23.9 Å². The molecule has 1 atom stereocenters. The molecule has 2 N–H and O–H groups in total. The Morgan fingerprint density at radius 1 is 1.33 bits per heavy atom. The molecule has 3 aromatic rings. The summed E-state index contributed by atoms with van der Waals surface area (Å²) < 4.78 is 6.87. The van der Waals surface area contributed by atoms with Crippen LogP contribution in [-0.4, -0.2) is 32.8 Å². The number of hydrogen-bond acceptors (Lipinski definition) is 4. The van der Waals surface area contributed by atoms with Crippen molar-refractivity contribution in [3.8, 4) is 11.4 Å². The van der Waals surface area contributed by atoms with Crippen LogP contribution in [0.25, 0.3) is 11.4 Å². The predicted octanol–water partition coefficient (Wildman–Crippen LogP) is 2.62. The number of aromatic amines is 1. The summed E-state index contributed by atoms with van der Waals surface area (Å²) in [5.74, 6) is 1.14. The van der Waals surface area contributed by atoms with Crippen molar-refractivity contribution in [2.24, 2.45) is 0 Å². The van der Waals surface area contributed by atoms with Crippen LogP contribution in [0, 0.1) is 0 Å². The molecule has 0 aliphatic heterocycles. The number of anilines is 1. The number of carbonyl (C=O) groups excluding carboxylic acids is 1. The molecule has 0 spiro atoms. The van der Waals surface area contributed by atoms with Crippen LogP contribution < -0.4 is 5.32 Å². The van der Waals surface area contributed by atoms with Crippen LogP contribution in [-0.2, 0) is 16.1 Å². The van der Waals surface area contributed by atoms with Gasteiger partial charge in [-0.05, 0) is 31.2 Å². The molecule has 0 radical (unpaired) electrons. The first kappa shape index (κ1) is 15.9. The summed E-state index contributed by atoms with van der Waals surface area (Å²) in [5.41, 5.74) is 1.52. The zero-order chi connectivity index (χ0) is 16.9. The standard InChI is InChI=1S/C17H19N5O2/c1-12(22-8-3-4-9-22)17(23)18-14-7-5-6-13(10-14)16-19-15(11-24-2)20-21-16/h3-10,12H,11H2,1-2H3,(H,18,23)(H,19,20,21). The quantitative estimate of drug-likeness (QED) is 0.729. The second-order valence-electron chi connectivity index (χ2n) is 5.42. The minimum Gasteiger partial charge on any atom is -0.377 e. The molecule has 2 aromatic heterocycles. The Hall–Kier alpha value is -2.93. The van der Waals surface area contributed by atoms with Crippen LogP contribution in [0.4, 0.5) is 5.69 Å². The van der Waals surface area contributed by atoms with Crippen molar-refractivity contribution in [2.45, 2.75) is 19.6 Å². The van der Waals surface area contributed by atoms with Crippen LogP contribution in [0.3, 0.4) is 0 Å². The van der Waals surface area contributed by atoms with Gasteiger partial charge in [-0.15, -0.1) is 0 Å². The van der Waals surface area contributed by atoms with Gasteiger partial charge in [0, 0.05) is 30.8 Å². The summed E-state index contributed by atoms with van der Waals surface area (Å²) in [6, 6.07) is 10.9. The number of rotatable bonds is 6. The van der Waals surface area contributed by atoms with Crippen LogP contribution in [0.2, 0.25) is 0 Å². The number of nitrogens with one attached hydrogen (secondary N) is 2. The van der Waals surface area contributed by atoms with Gasteiger partial charge in [0.15, 0.2) is 11.6 Å². The van der Waals surface area contributed by atoms with Crippen molar-refractivity contribution in [1.29, 1.82) is 0 Å². The fourth-order valence-corrected chi connectivity index (χ4v) is 2.35. The number of hydrogen-bond donors (Lipinski definition) is 2. The second-order valence-corrected chi connectivity index (χ2v) is 5.42. The highest BCUT2D eigenvalue weighted by atomic mass is 16.5. The molecule has 0 aliphatic carbocycles. The van der Waals surface area contributed by atoms with Gasteiger partial charge >= 0.3 is 0 Å². The number of aromatic nitrogens is 4. The summed E-state index contributed by atoms with van der Waals surface area (Å²) >= 11 is 0. The molecule has 1 unspecified atom stereocenters. The van der Waals surface area contributed by atoms with E-state index >= 15 is 0 Å². The molecule has 2 heterocycles. The monoisotopic (exact) mass is 325 g/mol. The van der Waals surface area contributed by atoms with Crippen molar-refractivity contribution in [3.05, 3.63) is 54.6 Å². The van der Waals surface area contributed by atoms with Crippen molar-refractivity contribution in [1.82, 2.24) is 19.7 Å². The van der Waals surface area contributed by atoms with Crippen LogP contribution in [0.1, 0.15) is 18.8 Å². The third kappa shape index (κ3) is 3.52. The molecular weight excluding hydrogens is 306 g/mol. The van der Waals surface area contributed by atoms with Gasteiger partial charge in [0.25, 0.3) is 0 Å². The van der Waals surface area contributed by atoms with Gasteiger partial charge in [-0.3, -0.25) is 9.89 Å². The molecule has 0 aliphatic rings. The zero-order valence-electron chi connectivity index (χ0n) is 13.6. The SMILES string of the molecule is COCc1nc(-c2cccc(NC(=O)C(C)n3cccc3)c2)n[nH]1. The first-order valence-corrected chi connectivity index (χ1v) is 7.61. The summed E-state index contributed by atoms with van der Waals surface area (Å²) in [6.45, 7) is 2.23. The third-order valence-corrected chi connectivity index (χ3v) is 3.66. The smallest absolute Gasteiger partial charge is 0.247 e. The fraction of sp³-hybridized carbons (Fsp3) is 0.235. The van der Waals surface area contributed by atoms with Gasteiger partial charge in [0.1, 0.15) is 12.6 Å². The summed E-state index contributed by atoms with van der Waals surface area (Å²) in [4.78, 5) is 16.7. The number of ether oxygens (including phenoxy) is 1. The Balaban J connectivity index is 1.74. The van der Waals surface area contributed by atoms with Gasteiger partial charge in [0.2, 0.25) is 5.91 Å². The summed E-state index contributed by atoms with van der Waals surface area (Å²) in [6.07, 6.45) is 3.73. The van der Waals surface area contributed by atoms with Gasteiger partial charge in [-0.25, -0.2) is 4.98 Å². The lowest BCUT2D eigenvalue weighted by molar-refractivity contribution is -0.118. The third-order valence-electron chi connectivity index (χ3n) is 3.66. The highest BCUT2D eigenvalue weighted by molar-refractivity contribution is 5.94. The Morgan fingerprint density at radius 2 is 2.12 bits per heavy atom. The van der Waals surface area contributed by atoms with Gasteiger partial charge in [-0.1, -0.05) is 12.1 Å². The van der Waals surface area contributed by atoms with E-state index in [1.165, 1.54) is 0 Å². The molecule has 24 heavy (non-hydrogen) atoms. The molecule has 0 saturated carbocycles. The summed E-state index contributed by atoms with van der Waals surface area (Å²) in [7, 11) is 1.60. The van der Waals surface area contributed by atoms with Crippen molar-refractivity contribution in [3.63, 3.8) is 0 Å². The Kier molecular flexibility index (Phi) is 4.72. The number of benzene rings is 1. The number of methoxy groups -OCH3 is 1. The lowest BCUT2D eigenvalue weighted by atomic mass is 10.2. The fourth-order valence-electron chi connectivity index (χ4n) is 2.35. The molecule has 7 nitrogen and oxygen atoms in total. The van der Waals surface area contributed by atoms with Gasteiger partial charge in [-0.2, -0.15) is 5.10 Å². The minimum absolute atomic E-state index is 0.0848. The van der Waals surface area contributed by atoms with Crippen molar-refractivity contribution in [2.75, 3.05) is 12.4 Å². The van der Waals surface area contributed by atoms with Gasteiger partial charge < -0.3 is 14.6 Å². The Bertz CT molecular complexity index is 810. The lowest BCUT2D eigenvalue weighted by Gasteiger charge is -2.14. The predicted molar refractivity (Wildman–Crippen MR) is 90.3 cm³/mol. The number of carbonyl (C=O) groups is 1. The first-order chi connectivity index (χ1) is 11.7. The highest BCUT2D eigenvalue weighted by Gasteiger charge is 2.14. The van der Waals surface area contributed by atoms with E-state index in [1.807, 2.05) is 60.3 Å². The van der Waals surface area contributed by atoms with Crippen LogP contribution in [0.15, 0.2) is 48.8 Å². The molecule has 3 rings (SSSR count).